The minimum absolute atomic E-state index is 0.0255. The van der Waals surface area contributed by atoms with Crippen LogP contribution in [0.5, 0.6) is 5.75 Å². The van der Waals surface area contributed by atoms with Crippen LogP contribution in [-0.2, 0) is 4.79 Å². The molecule has 0 bridgehead atoms. The zero-order valence-electron chi connectivity index (χ0n) is 12.3. The third-order valence-corrected chi connectivity index (χ3v) is 4.52. The van der Waals surface area contributed by atoms with E-state index in [0.717, 1.165) is 15.8 Å². The Bertz CT molecular complexity index is 619. The van der Waals surface area contributed by atoms with Crippen LogP contribution < -0.4 is 10.1 Å². The predicted octanol–water partition coefficient (Wildman–Crippen LogP) is 4.04. The molecule has 0 radical (unpaired) electrons. The Hall–Kier alpha value is -1.46. The van der Waals surface area contributed by atoms with Gasteiger partial charge in [-0.15, -0.1) is 11.8 Å². The summed E-state index contributed by atoms with van der Waals surface area (Å²) in [6.45, 7) is 2.65. The largest absolute Gasteiger partial charge is 0.483 e. The Morgan fingerprint density at radius 3 is 2.73 bits per heavy atom. The highest BCUT2D eigenvalue weighted by atomic mass is 79.9. The highest BCUT2D eigenvalue weighted by Crippen LogP contribution is 2.25. The molecule has 2 aromatic carbocycles. The van der Waals surface area contributed by atoms with E-state index in [0.29, 0.717) is 12.3 Å². The summed E-state index contributed by atoms with van der Waals surface area (Å²) in [4.78, 5) is 13.0. The van der Waals surface area contributed by atoms with E-state index in [1.54, 1.807) is 11.8 Å². The number of carbonyl (C=O) groups is 1. The fourth-order valence-electron chi connectivity index (χ4n) is 1.79. The Morgan fingerprint density at radius 2 is 2.00 bits per heavy atom. The van der Waals surface area contributed by atoms with Gasteiger partial charge in [0.2, 0.25) is 0 Å². The molecule has 0 aromatic heterocycles. The molecule has 0 fully saturated rings. The van der Waals surface area contributed by atoms with Crippen LogP contribution >= 0.6 is 27.7 Å². The summed E-state index contributed by atoms with van der Waals surface area (Å²) in [7, 11) is 0. The second-order valence-electron chi connectivity index (χ2n) is 4.73. The average Bonchev–Trinajstić information content (AvgIpc) is 2.52. The second kappa shape index (κ2) is 8.86. The van der Waals surface area contributed by atoms with Gasteiger partial charge in [-0.2, -0.15) is 0 Å². The molecule has 1 N–H and O–H groups in total. The molecule has 0 saturated heterocycles. The van der Waals surface area contributed by atoms with Crippen LogP contribution in [-0.4, -0.2) is 24.8 Å². The van der Waals surface area contributed by atoms with Gasteiger partial charge in [0.05, 0.1) is 4.47 Å². The minimum atomic E-state index is -0.110. The zero-order chi connectivity index (χ0) is 15.8. The van der Waals surface area contributed by atoms with Gasteiger partial charge in [-0.3, -0.25) is 4.79 Å². The maximum atomic E-state index is 11.7. The molecule has 0 spiro atoms. The van der Waals surface area contributed by atoms with E-state index >= 15 is 0 Å². The van der Waals surface area contributed by atoms with Gasteiger partial charge in [0.1, 0.15) is 5.75 Å². The van der Waals surface area contributed by atoms with E-state index in [1.807, 2.05) is 43.3 Å². The maximum Gasteiger partial charge on any atom is 0.257 e. The number of nitrogens with one attached hydrogen (secondary N) is 1. The van der Waals surface area contributed by atoms with Gasteiger partial charge < -0.3 is 10.1 Å². The summed E-state index contributed by atoms with van der Waals surface area (Å²) in [6.07, 6.45) is 0. The molecule has 22 heavy (non-hydrogen) atoms. The Labute approximate surface area is 143 Å². The molecule has 5 heteroatoms. The van der Waals surface area contributed by atoms with Gasteiger partial charge >= 0.3 is 0 Å². The fraction of sp³-hybridized carbons (Fsp3) is 0.235. The highest BCUT2D eigenvalue weighted by Gasteiger charge is 2.05. The van der Waals surface area contributed by atoms with Crippen molar-refractivity contribution >= 4 is 33.6 Å². The van der Waals surface area contributed by atoms with E-state index in [1.165, 1.54) is 4.90 Å². The van der Waals surface area contributed by atoms with Crippen molar-refractivity contribution < 1.29 is 9.53 Å². The standard InChI is InChI=1S/C17H18BrNO2S/c1-13-7-8-16(15(18)11-13)21-12-17(20)19-9-10-22-14-5-3-2-4-6-14/h2-8,11H,9-10,12H2,1H3,(H,19,20). The maximum absolute atomic E-state index is 11.7. The first-order chi connectivity index (χ1) is 10.6. The molecular formula is C17H18BrNO2S. The van der Waals surface area contributed by atoms with Crippen LogP contribution in [0.4, 0.5) is 0 Å². The first-order valence-corrected chi connectivity index (χ1v) is 8.76. The van der Waals surface area contributed by atoms with Gasteiger partial charge in [0, 0.05) is 17.2 Å². The number of amides is 1. The lowest BCUT2D eigenvalue weighted by Crippen LogP contribution is -2.30. The van der Waals surface area contributed by atoms with Crippen molar-refractivity contribution in [3.05, 3.63) is 58.6 Å². The summed E-state index contributed by atoms with van der Waals surface area (Å²) in [5.41, 5.74) is 1.14. The minimum Gasteiger partial charge on any atom is -0.483 e. The predicted molar refractivity (Wildman–Crippen MR) is 94.5 cm³/mol. The van der Waals surface area contributed by atoms with Crippen LogP contribution in [0, 0.1) is 6.92 Å². The number of rotatable bonds is 7. The number of ether oxygens (including phenoxy) is 1. The lowest BCUT2D eigenvalue weighted by molar-refractivity contribution is -0.122. The topological polar surface area (TPSA) is 38.3 Å². The van der Waals surface area contributed by atoms with Crippen LogP contribution in [0.1, 0.15) is 5.56 Å². The number of carbonyl (C=O) groups excluding carboxylic acids is 1. The Kier molecular flexibility index (Phi) is 6.80. The number of hydrogen-bond acceptors (Lipinski definition) is 3. The molecule has 0 unspecified atom stereocenters. The Morgan fingerprint density at radius 1 is 1.23 bits per heavy atom. The molecule has 0 aliphatic rings. The van der Waals surface area contributed by atoms with Crippen LogP contribution in [0.3, 0.4) is 0 Å². The normalized spacial score (nSPS) is 10.3. The van der Waals surface area contributed by atoms with E-state index in [4.69, 9.17) is 4.74 Å². The summed E-state index contributed by atoms with van der Waals surface area (Å²) in [5.74, 6) is 1.41. The van der Waals surface area contributed by atoms with Crippen LogP contribution in [0.25, 0.3) is 0 Å². The summed E-state index contributed by atoms with van der Waals surface area (Å²) >= 11 is 5.14. The molecular weight excluding hydrogens is 362 g/mol. The number of benzene rings is 2. The second-order valence-corrected chi connectivity index (χ2v) is 6.76. The molecule has 3 nitrogen and oxygen atoms in total. The van der Waals surface area contributed by atoms with Crippen LogP contribution in [0.15, 0.2) is 57.9 Å². The zero-order valence-corrected chi connectivity index (χ0v) is 14.7. The number of aryl methyl sites for hydroxylation is 1. The van der Waals surface area contributed by atoms with Gasteiger partial charge in [-0.25, -0.2) is 0 Å². The third-order valence-electron chi connectivity index (χ3n) is 2.88. The van der Waals surface area contributed by atoms with Gasteiger partial charge in [-0.05, 0) is 52.7 Å². The van der Waals surface area contributed by atoms with Gasteiger partial charge in [0.15, 0.2) is 6.61 Å². The molecule has 1 amide bonds. The van der Waals surface area contributed by atoms with E-state index < -0.39 is 0 Å². The van der Waals surface area contributed by atoms with E-state index in [9.17, 15) is 4.79 Å². The van der Waals surface area contributed by atoms with E-state index in [-0.39, 0.29) is 12.5 Å². The summed E-state index contributed by atoms with van der Waals surface area (Å²) in [5, 5.41) is 2.85. The smallest absolute Gasteiger partial charge is 0.257 e. The quantitative estimate of drug-likeness (QED) is 0.582. The lowest BCUT2D eigenvalue weighted by Gasteiger charge is -2.09. The number of hydrogen-bond donors (Lipinski definition) is 1. The molecule has 0 heterocycles. The van der Waals surface area contributed by atoms with Crippen molar-refractivity contribution in [3.63, 3.8) is 0 Å². The number of thioether (sulfide) groups is 1. The molecule has 0 saturated carbocycles. The first-order valence-electron chi connectivity index (χ1n) is 6.98. The van der Waals surface area contributed by atoms with Gasteiger partial charge in [0.25, 0.3) is 5.91 Å². The van der Waals surface area contributed by atoms with Gasteiger partial charge in [-0.1, -0.05) is 24.3 Å². The summed E-state index contributed by atoms with van der Waals surface area (Å²) in [6, 6.07) is 15.9. The first kappa shape index (κ1) is 16.9. The molecule has 0 aliphatic heterocycles. The number of halogens is 1. The van der Waals surface area contributed by atoms with Crippen molar-refractivity contribution in [1.29, 1.82) is 0 Å². The van der Waals surface area contributed by atoms with Crippen molar-refractivity contribution in [2.24, 2.45) is 0 Å². The molecule has 0 atom stereocenters. The molecule has 2 aromatic rings. The van der Waals surface area contributed by atoms with Crippen molar-refractivity contribution in [2.45, 2.75) is 11.8 Å². The monoisotopic (exact) mass is 379 g/mol. The molecule has 116 valence electrons. The third kappa shape index (κ3) is 5.73. The van der Waals surface area contributed by atoms with Crippen molar-refractivity contribution in [1.82, 2.24) is 5.32 Å². The SMILES string of the molecule is Cc1ccc(OCC(=O)NCCSc2ccccc2)c(Br)c1. The Balaban J connectivity index is 1.65. The summed E-state index contributed by atoms with van der Waals surface area (Å²) < 4.78 is 6.36. The lowest BCUT2D eigenvalue weighted by atomic mass is 10.2. The fourth-order valence-corrected chi connectivity index (χ4v) is 3.19. The van der Waals surface area contributed by atoms with Crippen LogP contribution in [0.2, 0.25) is 0 Å². The highest BCUT2D eigenvalue weighted by molar-refractivity contribution is 9.10. The average molecular weight is 380 g/mol. The molecule has 2 rings (SSSR count). The van der Waals surface area contributed by atoms with Crippen molar-refractivity contribution in [2.75, 3.05) is 18.9 Å². The van der Waals surface area contributed by atoms with E-state index in [2.05, 4.69) is 33.4 Å². The van der Waals surface area contributed by atoms with Crippen molar-refractivity contribution in [3.8, 4) is 5.75 Å². The molecule has 0 aliphatic carbocycles.